The largest absolute Gasteiger partial charge is 0.376 e. The van der Waals surface area contributed by atoms with Gasteiger partial charge < -0.3 is 9.67 Å². The third kappa shape index (κ3) is 1.21. The third-order valence-electron chi connectivity index (χ3n) is 3.43. The van der Waals surface area contributed by atoms with Gasteiger partial charge >= 0.3 is 0 Å². The number of para-hydroxylation sites is 1. The lowest BCUT2D eigenvalue weighted by molar-refractivity contribution is 0.211. The van der Waals surface area contributed by atoms with E-state index >= 15 is 0 Å². The van der Waals surface area contributed by atoms with Gasteiger partial charge in [0.05, 0.1) is 5.52 Å². The first-order valence-electron chi connectivity index (χ1n) is 5.61. The third-order valence-corrected chi connectivity index (χ3v) is 3.43. The van der Waals surface area contributed by atoms with Crippen molar-refractivity contribution in [3.05, 3.63) is 35.5 Å². The van der Waals surface area contributed by atoms with Gasteiger partial charge in [0.15, 0.2) is 0 Å². The van der Waals surface area contributed by atoms with E-state index in [0.29, 0.717) is 0 Å². The summed E-state index contributed by atoms with van der Waals surface area (Å²) in [6.45, 7) is 0.107. The Kier molecular flexibility index (Phi) is 2.03. The van der Waals surface area contributed by atoms with Gasteiger partial charge in [-0.3, -0.25) is 0 Å². The summed E-state index contributed by atoms with van der Waals surface area (Å²) < 4.78 is 2.06. The Labute approximate surface area is 89.1 Å². The fourth-order valence-corrected chi connectivity index (χ4v) is 2.75. The number of aryl methyl sites for hydroxylation is 1. The summed E-state index contributed by atoms with van der Waals surface area (Å²) in [4.78, 5) is 0. The Morgan fingerprint density at radius 3 is 2.80 bits per heavy atom. The Morgan fingerprint density at radius 1 is 1.13 bits per heavy atom. The summed E-state index contributed by atoms with van der Waals surface area (Å²) in [5, 5.41) is 10.8. The van der Waals surface area contributed by atoms with Crippen molar-refractivity contribution in [2.24, 2.45) is 0 Å². The molecule has 0 amide bonds. The maximum Gasteiger partial charge on any atom is 0.119 e. The van der Waals surface area contributed by atoms with Crippen molar-refractivity contribution in [2.75, 3.05) is 0 Å². The van der Waals surface area contributed by atoms with Crippen LogP contribution in [0.1, 0.15) is 24.1 Å². The van der Waals surface area contributed by atoms with Crippen LogP contribution in [0.4, 0.5) is 0 Å². The van der Waals surface area contributed by atoms with Gasteiger partial charge in [0.1, 0.15) is 6.73 Å². The number of aliphatic hydroxyl groups is 1. The zero-order chi connectivity index (χ0) is 10.3. The van der Waals surface area contributed by atoms with Crippen LogP contribution < -0.4 is 0 Å². The van der Waals surface area contributed by atoms with Crippen LogP contribution in [-0.2, 0) is 19.6 Å². The molecule has 0 saturated carbocycles. The maximum atomic E-state index is 9.44. The molecule has 1 N–H and O–H groups in total. The molecule has 0 fully saturated rings. The van der Waals surface area contributed by atoms with Crippen LogP contribution in [-0.4, -0.2) is 9.67 Å². The van der Waals surface area contributed by atoms with Crippen LogP contribution in [0.25, 0.3) is 10.9 Å². The van der Waals surface area contributed by atoms with Crippen LogP contribution in [0.5, 0.6) is 0 Å². The van der Waals surface area contributed by atoms with Crippen LogP contribution in [0, 0.1) is 0 Å². The number of aromatic nitrogens is 1. The number of hydrogen-bond acceptors (Lipinski definition) is 1. The molecule has 1 aliphatic carbocycles. The maximum absolute atomic E-state index is 9.44. The number of benzene rings is 1. The molecule has 1 heterocycles. The van der Waals surface area contributed by atoms with Gasteiger partial charge in [-0.25, -0.2) is 0 Å². The molecule has 1 aromatic heterocycles. The Hall–Kier alpha value is -1.28. The lowest BCUT2D eigenvalue weighted by Crippen LogP contribution is -2.07. The monoisotopic (exact) mass is 201 g/mol. The molecule has 0 unspecified atom stereocenters. The molecule has 2 nitrogen and oxygen atoms in total. The minimum absolute atomic E-state index is 0.107. The van der Waals surface area contributed by atoms with Gasteiger partial charge in [-0.1, -0.05) is 18.2 Å². The summed E-state index contributed by atoms with van der Waals surface area (Å²) in [5.74, 6) is 0. The average Bonchev–Trinajstić information content (AvgIpc) is 2.63. The van der Waals surface area contributed by atoms with Crippen molar-refractivity contribution >= 4 is 10.9 Å². The highest BCUT2D eigenvalue weighted by Crippen LogP contribution is 2.31. The summed E-state index contributed by atoms with van der Waals surface area (Å²) in [5.41, 5.74) is 4.00. The topological polar surface area (TPSA) is 25.2 Å². The van der Waals surface area contributed by atoms with Gasteiger partial charge in [-0.05, 0) is 37.3 Å². The SMILES string of the molecule is OCn1c2c(c3ccccc31)CCCC2. The molecule has 2 aromatic rings. The van der Waals surface area contributed by atoms with Crippen LogP contribution in [0.15, 0.2) is 24.3 Å². The molecule has 0 aliphatic heterocycles. The molecule has 78 valence electrons. The molecular formula is C13H15NO. The molecule has 1 aromatic carbocycles. The first kappa shape index (κ1) is 8.98. The molecular weight excluding hydrogens is 186 g/mol. The minimum Gasteiger partial charge on any atom is -0.376 e. The highest BCUT2D eigenvalue weighted by Gasteiger charge is 2.18. The van der Waals surface area contributed by atoms with E-state index in [-0.39, 0.29) is 6.73 Å². The lowest BCUT2D eigenvalue weighted by atomic mass is 9.96. The molecule has 3 rings (SSSR count). The number of nitrogens with zero attached hydrogens (tertiary/aromatic N) is 1. The van der Waals surface area contributed by atoms with Crippen molar-refractivity contribution in [2.45, 2.75) is 32.4 Å². The second kappa shape index (κ2) is 3.38. The van der Waals surface area contributed by atoms with E-state index in [9.17, 15) is 5.11 Å². The Balaban J connectivity index is 2.37. The zero-order valence-electron chi connectivity index (χ0n) is 8.74. The molecule has 0 radical (unpaired) electrons. The van der Waals surface area contributed by atoms with Gasteiger partial charge in [-0.15, -0.1) is 0 Å². The predicted molar refractivity (Wildman–Crippen MR) is 60.8 cm³/mol. The number of rotatable bonds is 1. The molecule has 0 atom stereocenters. The van der Waals surface area contributed by atoms with Crippen LogP contribution in [0.2, 0.25) is 0 Å². The fraction of sp³-hybridized carbons (Fsp3) is 0.385. The molecule has 0 saturated heterocycles. The molecule has 0 spiro atoms. The zero-order valence-corrected chi connectivity index (χ0v) is 8.74. The van der Waals surface area contributed by atoms with E-state index in [2.05, 4.69) is 22.8 Å². The van der Waals surface area contributed by atoms with Crippen LogP contribution >= 0.6 is 0 Å². The summed E-state index contributed by atoms with van der Waals surface area (Å²) in [6.07, 6.45) is 4.82. The number of aliphatic hydroxyl groups excluding tert-OH is 1. The van der Waals surface area contributed by atoms with E-state index in [1.54, 1.807) is 0 Å². The van der Waals surface area contributed by atoms with E-state index in [4.69, 9.17) is 0 Å². The second-order valence-corrected chi connectivity index (χ2v) is 4.22. The minimum atomic E-state index is 0.107. The predicted octanol–water partition coefficient (Wildman–Crippen LogP) is 2.47. The van der Waals surface area contributed by atoms with Crippen LogP contribution in [0.3, 0.4) is 0 Å². The van der Waals surface area contributed by atoms with Gasteiger partial charge in [-0.2, -0.15) is 0 Å². The van der Waals surface area contributed by atoms with E-state index in [1.807, 2.05) is 6.07 Å². The van der Waals surface area contributed by atoms with E-state index in [1.165, 1.54) is 41.4 Å². The van der Waals surface area contributed by atoms with Crippen molar-refractivity contribution in [3.63, 3.8) is 0 Å². The summed E-state index contributed by atoms with van der Waals surface area (Å²) in [6, 6.07) is 8.40. The number of fused-ring (bicyclic) bond motifs is 3. The average molecular weight is 201 g/mol. The van der Waals surface area contributed by atoms with Gasteiger partial charge in [0, 0.05) is 11.1 Å². The normalized spacial score (nSPS) is 15.5. The van der Waals surface area contributed by atoms with Crippen molar-refractivity contribution in [3.8, 4) is 0 Å². The van der Waals surface area contributed by atoms with Gasteiger partial charge in [0.25, 0.3) is 0 Å². The lowest BCUT2D eigenvalue weighted by Gasteiger charge is -2.14. The first-order valence-corrected chi connectivity index (χ1v) is 5.61. The fourth-order valence-electron chi connectivity index (χ4n) is 2.75. The second-order valence-electron chi connectivity index (χ2n) is 4.22. The van der Waals surface area contributed by atoms with Gasteiger partial charge in [0.2, 0.25) is 0 Å². The Morgan fingerprint density at radius 2 is 1.93 bits per heavy atom. The smallest absolute Gasteiger partial charge is 0.119 e. The molecule has 1 aliphatic rings. The summed E-state index contributed by atoms with van der Waals surface area (Å²) >= 11 is 0. The molecule has 15 heavy (non-hydrogen) atoms. The van der Waals surface area contributed by atoms with Crippen molar-refractivity contribution in [1.82, 2.24) is 4.57 Å². The van der Waals surface area contributed by atoms with E-state index in [0.717, 1.165) is 6.42 Å². The first-order chi connectivity index (χ1) is 7.42. The quantitative estimate of drug-likeness (QED) is 0.753. The Bertz CT molecular complexity index is 465. The molecule has 0 bridgehead atoms. The van der Waals surface area contributed by atoms with Crippen molar-refractivity contribution in [1.29, 1.82) is 0 Å². The van der Waals surface area contributed by atoms with Crippen molar-refractivity contribution < 1.29 is 5.11 Å². The van der Waals surface area contributed by atoms with E-state index < -0.39 is 0 Å². The highest BCUT2D eigenvalue weighted by molar-refractivity contribution is 5.85. The molecule has 2 heteroatoms. The highest BCUT2D eigenvalue weighted by atomic mass is 16.3. The standard InChI is InChI=1S/C13H15NO/c15-9-14-12-7-3-1-5-10(12)11-6-2-4-8-13(11)14/h1,3,5,7,15H,2,4,6,8-9H2. The number of hydrogen-bond donors (Lipinski definition) is 1. The summed E-state index contributed by atoms with van der Waals surface area (Å²) in [7, 11) is 0.